The molecule has 0 saturated carbocycles. The third-order valence-corrected chi connectivity index (χ3v) is 3.44. The van der Waals surface area contributed by atoms with E-state index in [0.29, 0.717) is 23.4 Å². The smallest absolute Gasteiger partial charge is 0.328 e. The highest BCUT2D eigenvalue weighted by Gasteiger charge is 2.21. The second kappa shape index (κ2) is 8.93. The van der Waals surface area contributed by atoms with E-state index in [-0.39, 0.29) is 0 Å². The number of methoxy groups -OCH3 is 1. The van der Waals surface area contributed by atoms with Gasteiger partial charge in [-0.25, -0.2) is 9.59 Å². The van der Waals surface area contributed by atoms with E-state index < -0.39 is 23.9 Å². The molecule has 0 radical (unpaired) electrons. The van der Waals surface area contributed by atoms with Crippen LogP contribution >= 0.6 is 11.8 Å². The number of carbonyl (C=O) groups is 3. The van der Waals surface area contributed by atoms with E-state index in [2.05, 4.69) is 15.4 Å². The molecule has 0 aliphatic carbocycles. The number of benzene rings is 1. The molecule has 22 heavy (non-hydrogen) atoms. The van der Waals surface area contributed by atoms with Crippen molar-refractivity contribution in [3.63, 3.8) is 0 Å². The quantitative estimate of drug-likeness (QED) is 0.652. The molecule has 0 aliphatic rings. The first-order valence-corrected chi connectivity index (χ1v) is 7.91. The SMILES string of the molecule is COC(=O)[C@@H](CCSC)NC(=O)c1cccc(NC(N)=O)c1. The van der Waals surface area contributed by atoms with Crippen LogP contribution in [0.3, 0.4) is 0 Å². The zero-order chi connectivity index (χ0) is 16.5. The molecule has 0 fully saturated rings. The van der Waals surface area contributed by atoms with Gasteiger partial charge in [-0.2, -0.15) is 11.8 Å². The zero-order valence-corrected chi connectivity index (χ0v) is 13.2. The van der Waals surface area contributed by atoms with Crippen molar-refractivity contribution in [1.82, 2.24) is 5.32 Å². The minimum absolute atomic E-state index is 0.310. The molecule has 0 saturated heterocycles. The first-order valence-electron chi connectivity index (χ1n) is 6.52. The number of nitrogens with one attached hydrogen (secondary N) is 2. The second-order valence-corrected chi connectivity index (χ2v) is 5.39. The summed E-state index contributed by atoms with van der Waals surface area (Å²) >= 11 is 1.57. The molecule has 0 spiro atoms. The number of carbonyl (C=O) groups excluding carboxylic acids is 3. The van der Waals surface area contributed by atoms with Crippen molar-refractivity contribution in [3.05, 3.63) is 29.8 Å². The van der Waals surface area contributed by atoms with Gasteiger partial charge < -0.3 is 21.1 Å². The number of thioether (sulfide) groups is 1. The van der Waals surface area contributed by atoms with E-state index >= 15 is 0 Å². The summed E-state index contributed by atoms with van der Waals surface area (Å²) in [6, 6.07) is 4.83. The summed E-state index contributed by atoms with van der Waals surface area (Å²) in [4.78, 5) is 34.7. The number of amides is 3. The Bertz CT molecular complexity index is 551. The van der Waals surface area contributed by atoms with Crippen LogP contribution in [0.1, 0.15) is 16.8 Å². The third-order valence-electron chi connectivity index (χ3n) is 2.79. The average Bonchev–Trinajstić information content (AvgIpc) is 2.50. The van der Waals surface area contributed by atoms with E-state index in [1.165, 1.54) is 13.2 Å². The molecule has 0 heterocycles. The van der Waals surface area contributed by atoms with Crippen molar-refractivity contribution in [2.75, 3.05) is 24.4 Å². The Hall–Kier alpha value is -2.22. The highest BCUT2D eigenvalue weighted by molar-refractivity contribution is 7.98. The van der Waals surface area contributed by atoms with Gasteiger partial charge in [-0.1, -0.05) is 6.07 Å². The maximum absolute atomic E-state index is 12.2. The summed E-state index contributed by atoms with van der Waals surface area (Å²) in [6.45, 7) is 0. The fourth-order valence-corrected chi connectivity index (χ4v) is 2.22. The molecule has 0 aliphatic heterocycles. The number of hydrogen-bond donors (Lipinski definition) is 3. The number of nitrogens with two attached hydrogens (primary N) is 1. The summed E-state index contributed by atoms with van der Waals surface area (Å²) in [7, 11) is 1.28. The standard InChI is InChI=1S/C14H19N3O4S/c1-21-13(19)11(6-7-22-2)17-12(18)9-4-3-5-10(8-9)16-14(15)20/h3-5,8,11H,6-7H2,1-2H3,(H,17,18)(H3,15,16,20)/t11-/m1/s1. The molecule has 120 valence electrons. The van der Waals surface area contributed by atoms with Crippen LogP contribution < -0.4 is 16.4 Å². The topological polar surface area (TPSA) is 111 Å². The van der Waals surface area contributed by atoms with Gasteiger partial charge in [0.05, 0.1) is 7.11 Å². The van der Waals surface area contributed by atoms with Crippen molar-refractivity contribution >= 4 is 35.4 Å². The Kier molecular flexibility index (Phi) is 7.24. The first kappa shape index (κ1) is 17.8. The van der Waals surface area contributed by atoms with Gasteiger partial charge in [0.2, 0.25) is 0 Å². The van der Waals surface area contributed by atoms with E-state index in [9.17, 15) is 14.4 Å². The minimum atomic E-state index is -0.718. The lowest BCUT2D eigenvalue weighted by Crippen LogP contribution is -2.42. The average molecular weight is 325 g/mol. The number of primary amides is 1. The van der Waals surface area contributed by atoms with Gasteiger partial charge in [-0.3, -0.25) is 4.79 Å². The van der Waals surface area contributed by atoms with Gasteiger partial charge in [0, 0.05) is 11.3 Å². The van der Waals surface area contributed by atoms with E-state index in [1.807, 2.05) is 6.26 Å². The normalized spacial score (nSPS) is 11.4. The molecule has 0 bridgehead atoms. The largest absolute Gasteiger partial charge is 0.467 e. The third kappa shape index (κ3) is 5.65. The predicted molar refractivity (Wildman–Crippen MR) is 85.9 cm³/mol. The van der Waals surface area contributed by atoms with Gasteiger partial charge in [0.25, 0.3) is 5.91 Å². The minimum Gasteiger partial charge on any atom is -0.467 e. The molecule has 1 rings (SSSR count). The predicted octanol–water partition coefficient (Wildman–Crippen LogP) is 1.20. The number of hydrogen-bond acceptors (Lipinski definition) is 5. The van der Waals surface area contributed by atoms with Gasteiger partial charge in [-0.05, 0) is 36.6 Å². The van der Waals surface area contributed by atoms with Crippen LogP contribution in [0.2, 0.25) is 0 Å². The summed E-state index contributed by atoms with van der Waals surface area (Å²) in [6.07, 6.45) is 2.38. The van der Waals surface area contributed by atoms with Crippen molar-refractivity contribution in [2.24, 2.45) is 5.73 Å². The molecule has 1 atom stereocenters. The van der Waals surface area contributed by atoms with Crippen LogP contribution in [-0.2, 0) is 9.53 Å². The monoisotopic (exact) mass is 325 g/mol. The van der Waals surface area contributed by atoms with Gasteiger partial charge in [0.1, 0.15) is 6.04 Å². The molecule has 3 amide bonds. The van der Waals surface area contributed by atoms with Crippen LogP contribution in [0.5, 0.6) is 0 Å². The molecule has 0 unspecified atom stereocenters. The maximum Gasteiger partial charge on any atom is 0.328 e. The lowest BCUT2D eigenvalue weighted by atomic mass is 10.1. The maximum atomic E-state index is 12.2. The molecular formula is C14H19N3O4S. The number of urea groups is 1. The molecule has 1 aromatic rings. The van der Waals surface area contributed by atoms with Crippen LogP contribution in [0, 0.1) is 0 Å². The number of ether oxygens (including phenoxy) is 1. The summed E-state index contributed by atoms with van der Waals surface area (Å²) < 4.78 is 4.69. The summed E-state index contributed by atoms with van der Waals surface area (Å²) in [5, 5.41) is 5.01. The molecule has 1 aromatic carbocycles. The summed E-state index contributed by atoms with van der Waals surface area (Å²) in [5.41, 5.74) is 5.74. The van der Waals surface area contributed by atoms with Crippen molar-refractivity contribution < 1.29 is 19.1 Å². The molecule has 4 N–H and O–H groups in total. The Labute approximate surface area is 133 Å². The lowest BCUT2D eigenvalue weighted by Gasteiger charge is -2.16. The van der Waals surface area contributed by atoms with E-state index in [0.717, 1.165) is 0 Å². The number of esters is 1. The molecule has 7 nitrogen and oxygen atoms in total. The zero-order valence-electron chi connectivity index (χ0n) is 12.4. The Balaban J connectivity index is 2.80. The van der Waals surface area contributed by atoms with E-state index in [1.54, 1.807) is 30.0 Å². The van der Waals surface area contributed by atoms with Gasteiger partial charge in [-0.15, -0.1) is 0 Å². The van der Waals surface area contributed by atoms with Crippen LogP contribution in [-0.4, -0.2) is 43.1 Å². The highest BCUT2D eigenvalue weighted by atomic mass is 32.2. The van der Waals surface area contributed by atoms with Gasteiger partial charge >= 0.3 is 12.0 Å². The van der Waals surface area contributed by atoms with Crippen LogP contribution in [0.4, 0.5) is 10.5 Å². The van der Waals surface area contributed by atoms with Crippen molar-refractivity contribution in [1.29, 1.82) is 0 Å². The number of anilines is 1. The molecular weight excluding hydrogens is 306 g/mol. The fourth-order valence-electron chi connectivity index (χ4n) is 1.75. The number of rotatable bonds is 7. The Morgan fingerprint density at radius 3 is 2.68 bits per heavy atom. The first-order chi connectivity index (χ1) is 10.5. The Morgan fingerprint density at radius 1 is 1.36 bits per heavy atom. The lowest BCUT2D eigenvalue weighted by molar-refractivity contribution is -0.142. The fraction of sp³-hybridized carbons (Fsp3) is 0.357. The van der Waals surface area contributed by atoms with Crippen LogP contribution in [0.25, 0.3) is 0 Å². The summed E-state index contributed by atoms with van der Waals surface area (Å²) in [5.74, 6) is -0.206. The van der Waals surface area contributed by atoms with Crippen molar-refractivity contribution in [2.45, 2.75) is 12.5 Å². The second-order valence-electron chi connectivity index (χ2n) is 4.40. The van der Waals surface area contributed by atoms with Gasteiger partial charge in [0.15, 0.2) is 0 Å². The molecule has 0 aromatic heterocycles. The van der Waals surface area contributed by atoms with Crippen molar-refractivity contribution in [3.8, 4) is 0 Å². The van der Waals surface area contributed by atoms with E-state index in [4.69, 9.17) is 5.73 Å². The Morgan fingerprint density at radius 2 is 2.09 bits per heavy atom. The van der Waals surface area contributed by atoms with Crippen LogP contribution in [0.15, 0.2) is 24.3 Å². The molecule has 8 heteroatoms. The highest BCUT2D eigenvalue weighted by Crippen LogP contribution is 2.11.